The van der Waals surface area contributed by atoms with Crippen LogP contribution < -0.4 is 9.84 Å². The van der Waals surface area contributed by atoms with Crippen molar-refractivity contribution in [3.63, 3.8) is 0 Å². The first-order valence-electron chi connectivity index (χ1n) is 10.4. The van der Waals surface area contributed by atoms with E-state index in [0.29, 0.717) is 6.42 Å². The van der Waals surface area contributed by atoms with Gasteiger partial charge in [-0.05, 0) is 61.4 Å². The van der Waals surface area contributed by atoms with Crippen molar-refractivity contribution >= 4 is 16.9 Å². The zero-order valence-electron chi connectivity index (χ0n) is 17.8. The van der Waals surface area contributed by atoms with E-state index in [4.69, 9.17) is 4.74 Å². The Labute approximate surface area is 183 Å². The fraction of sp³-hybridized carbons (Fsp3) is 0.269. The van der Waals surface area contributed by atoms with Crippen LogP contribution in [0.2, 0.25) is 0 Å². The molecule has 0 saturated carbocycles. The molecule has 0 aliphatic rings. The van der Waals surface area contributed by atoms with Gasteiger partial charge in [0.25, 0.3) is 0 Å². The Kier molecular flexibility index (Phi) is 10.6. The first-order chi connectivity index (χ1) is 14.7. The lowest BCUT2D eigenvalue weighted by Gasteiger charge is -2.09. The van der Waals surface area contributed by atoms with Crippen molar-refractivity contribution in [1.29, 1.82) is 0 Å². The topological polar surface area (TPSA) is 49.4 Å². The molecule has 158 valence electrons. The van der Waals surface area contributed by atoms with E-state index in [1.807, 2.05) is 0 Å². The lowest BCUT2D eigenvalue weighted by Crippen LogP contribution is -2.20. The molecule has 0 unspecified atom stereocenters. The summed E-state index contributed by atoms with van der Waals surface area (Å²) < 4.78 is 5.80. The van der Waals surface area contributed by atoms with E-state index in [0.717, 1.165) is 25.2 Å². The summed E-state index contributed by atoms with van der Waals surface area (Å²) in [6, 6.07) is 30.0. The maximum Gasteiger partial charge on any atom is 0.166 e. The smallest absolute Gasteiger partial charge is 0.166 e. The van der Waals surface area contributed by atoms with Gasteiger partial charge in [-0.1, -0.05) is 63.1 Å². The molecule has 0 aliphatic heterocycles. The molecule has 0 atom stereocenters. The molecule has 0 heterocycles. The van der Waals surface area contributed by atoms with Gasteiger partial charge in [-0.3, -0.25) is 0 Å². The second kappa shape index (κ2) is 13.5. The van der Waals surface area contributed by atoms with Crippen molar-refractivity contribution in [2.45, 2.75) is 54.2 Å². The molecular formula is C26H30O3S. The van der Waals surface area contributed by atoms with Crippen LogP contribution in [0.1, 0.15) is 39.5 Å². The Bertz CT molecular complexity index is 809. The van der Waals surface area contributed by atoms with Crippen LogP contribution in [0.15, 0.2) is 99.6 Å². The highest BCUT2D eigenvalue weighted by Gasteiger charge is 2.28. The summed E-state index contributed by atoms with van der Waals surface area (Å²) in [5.74, 6) is -0.00521. The first-order valence-corrected chi connectivity index (χ1v) is 11.6. The van der Waals surface area contributed by atoms with Crippen LogP contribution in [0.4, 0.5) is 0 Å². The van der Waals surface area contributed by atoms with Gasteiger partial charge in [-0.25, -0.2) is 0 Å². The van der Waals surface area contributed by atoms with E-state index in [1.54, 1.807) is 6.92 Å². The largest absolute Gasteiger partial charge is 0.550 e. The minimum absolute atomic E-state index is 0.0858. The van der Waals surface area contributed by atoms with E-state index in [1.165, 1.54) is 14.7 Å². The van der Waals surface area contributed by atoms with Gasteiger partial charge >= 0.3 is 0 Å². The first kappa shape index (κ1) is 23.6. The Balaban J connectivity index is 0.000000469. The number of hydrogen-bond donors (Lipinski definition) is 0. The molecule has 0 spiro atoms. The third-order valence-electron chi connectivity index (χ3n) is 4.24. The SMILES string of the molecule is CCCC(=O)[O-].CCCCOc1ccc([S+](c2ccccc2)c2ccccc2)cc1. The highest BCUT2D eigenvalue weighted by Crippen LogP contribution is 2.31. The van der Waals surface area contributed by atoms with Crippen molar-refractivity contribution in [3.05, 3.63) is 84.9 Å². The highest BCUT2D eigenvalue weighted by atomic mass is 32.2. The molecule has 4 heteroatoms. The minimum Gasteiger partial charge on any atom is -0.550 e. The number of unbranched alkanes of at least 4 members (excludes halogenated alkanes) is 1. The highest BCUT2D eigenvalue weighted by molar-refractivity contribution is 7.97. The van der Waals surface area contributed by atoms with Crippen molar-refractivity contribution in [2.75, 3.05) is 6.61 Å². The molecule has 0 N–H and O–H groups in total. The Morgan fingerprint density at radius 1 is 0.767 bits per heavy atom. The third kappa shape index (κ3) is 7.96. The molecule has 3 aromatic rings. The van der Waals surface area contributed by atoms with Gasteiger partial charge in [0.05, 0.1) is 17.5 Å². The van der Waals surface area contributed by atoms with Gasteiger partial charge in [-0.15, -0.1) is 0 Å². The lowest BCUT2D eigenvalue weighted by molar-refractivity contribution is -0.305. The van der Waals surface area contributed by atoms with Crippen LogP contribution in [-0.2, 0) is 15.7 Å². The molecule has 0 amide bonds. The average Bonchev–Trinajstić information content (AvgIpc) is 2.77. The monoisotopic (exact) mass is 422 g/mol. The number of rotatable bonds is 9. The molecule has 3 rings (SSSR count). The molecule has 0 bridgehead atoms. The van der Waals surface area contributed by atoms with E-state index in [2.05, 4.69) is 91.9 Å². The van der Waals surface area contributed by atoms with Crippen LogP contribution in [0.25, 0.3) is 0 Å². The standard InChI is InChI=1S/C22H23OS.C4H8O2/c1-2-3-18-23-19-14-16-22(17-15-19)24(20-10-6-4-7-11-20)21-12-8-5-9-13-21;1-2-3-4(5)6/h4-17H,2-3,18H2,1H3;2-3H2,1H3,(H,5,6)/q+1;/p-1. The number of ether oxygens (including phenoxy) is 1. The van der Waals surface area contributed by atoms with E-state index in [-0.39, 0.29) is 17.3 Å². The third-order valence-corrected chi connectivity index (χ3v) is 6.47. The minimum atomic E-state index is -0.961. The number of hydrogen-bond acceptors (Lipinski definition) is 3. The number of aliphatic carboxylic acids is 1. The molecule has 3 aromatic carbocycles. The van der Waals surface area contributed by atoms with Gasteiger partial charge in [-0.2, -0.15) is 0 Å². The predicted molar refractivity (Wildman–Crippen MR) is 122 cm³/mol. The zero-order chi connectivity index (χ0) is 21.6. The normalized spacial score (nSPS) is 10.2. The summed E-state index contributed by atoms with van der Waals surface area (Å²) in [5, 5.41) is 9.49. The predicted octanol–water partition coefficient (Wildman–Crippen LogP) is 5.50. The summed E-state index contributed by atoms with van der Waals surface area (Å²) in [4.78, 5) is 13.5. The van der Waals surface area contributed by atoms with Gasteiger partial charge in [0, 0.05) is 5.97 Å². The quantitative estimate of drug-likeness (QED) is 0.338. The van der Waals surface area contributed by atoms with Gasteiger partial charge < -0.3 is 14.6 Å². The van der Waals surface area contributed by atoms with Gasteiger partial charge in [0.15, 0.2) is 14.7 Å². The molecule has 0 radical (unpaired) electrons. The Morgan fingerprint density at radius 2 is 1.27 bits per heavy atom. The summed E-state index contributed by atoms with van der Waals surface area (Å²) in [6.45, 7) is 4.77. The molecule has 0 saturated heterocycles. The number of carbonyl (C=O) groups is 1. The average molecular weight is 423 g/mol. The van der Waals surface area contributed by atoms with Crippen LogP contribution in [0.3, 0.4) is 0 Å². The van der Waals surface area contributed by atoms with Crippen molar-refractivity contribution in [3.8, 4) is 5.75 Å². The second-order valence-corrected chi connectivity index (χ2v) is 8.75. The summed E-state index contributed by atoms with van der Waals surface area (Å²) in [6.07, 6.45) is 3.10. The Morgan fingerprint density at radius 3 is 1.67 bits per heavy atom. The maximum atomic E-state index is 9.49. The number of benzene rings is 3. The molecule has 30 heavy (non-hydrogen) atoms. The van der Waals surface area contributed by atoms with E-state index in [9.17, 15) is 9.90 Å². The van der Waals surface area contributed by atoms with Gasteiger partial charge in [0.1, 0.15) is 5.75 Å². The molecule has 0 aliphatic carbocycles. The van der Waals surface area contributed by atoms with Crippen molar-refractivity contribution < 1.29 is 14.6 Å². The van der Waals surface area contributed by atoms with Crippen LogP contribution in [0.5, 0.6) is 5.75 Å². The van der Waals surface area contributed by atoms with E-state index < -0.39 is 5.97 Å². The van der Waals surface area contributed by atoms with Gasteiger partial charge in [0.2, 0.25) is 0 Å². The number of carbonyl (C=O) groups excluding carboxylic acids is 1. The number of carboxylic acids is 1. The Hall–Kier alpha value is -2.72. The second-order valence-electron chi connectivity index (χ2n) is 6.73. The molecular weight excluding hydrogens is 392 g/mol. The lowest BCUT2D eigenvalue weighted by atomic mass is 10.3. The van der Waals surface area contributed by atoms with Crippen LogP contribution >= 0.6 is 0 Å². The van der Waals surface area contributed by atoms with Crippen molar-refractivity contribution in [2.24, 2.45) is 0 Å². The van der Waals surface area contributed by atoms with E-state index >= 15 is 0 Å². The zero-order valence-corrected chi connectivity index (χ0v) is 18.6. The summed E-state index contributed by atoms with van der Waals surface area (Å²) in [7, 11) is -0.0858. The summed E-state index contributed by atoms with van der Waals surface area (Å²) in [5.41, 5.74) is 0. The maximum absolute atomic E-state index is 9.49. The summed E-state index contributed by atoms with van der Waals surface area (Å²) >= 11 is 0. The van der Waals surface area contributed by atoms with Crippen LogP contribution in [-0.4, -0.2) is 12.6 Å². The van der Waals surface area contributed by atoms with Crippen molar-refractivity contribution in [1.82, 2.24) is 0 Å². The van der Waals surface area contributed by atoms with Crippen LogP contribution in [0, 0.1) is 0 Å². The molecule has 3 nitrogen and oxygen atoms in total. The molecule has 0 aromatic heterocycles. The fourth-order valence-corrected chi connectivity index (χ4v) is 4.82. The number of carboxylic acid groups (broad SMARTS) is 1. The molecule has 0 fully saturated rings. The fourth-order valence-electron chi connectivity index (χ4n) is 2.73.